The van der Waals surface area contributed by atoms with Crippen LogP contribution in [0.4, 0.5) is 9.59 Å². The van der Waals surface area contributed by atoms with E-state index in [9.17, 15) is 32.4 Å². The van der Waals surface area contributed by atoms with Gasteiger partial charge >= 0.3 is 12.2 Å². The van der Waals surface area contributed by atoms with Crippen molar-refractivity contribution in [2.75, 3.05) is 19.7 Å². The normalized spacial score (nSPS) is 22.3. The number of amides is 5. The summed E-state index contributed by atoms with van der Waals surface area (Å²) in [6.45, 7) is 11.1. The van der Waals surface area contributed by atoms with E-state index in [1.54, 1.807) is 25.7 Å². The standard InChI is InChI=1S/C40H60N6O10S/c1-25(2)42-17-18-54-29-14-13-27-22-45(23-28(27)19-29)39(51)55-30-21-34(35(41)47)46(24-30)37(49)33(43-38(50)56-40(3,4)5)12-10-8-6-7-9-11-26-20-32(26)36(48)44-57(52,53)31-15-16-31/h9,11,13-14,19,25-26,30-34,42H,6-8,10,12,15-18,20-24H2,1-5H3,(H2,41,47)(H,43,50)(H,44,48)/b11-9-/t26?,30-,32+,33+,34?/m1/s1. The number of nitrogens with zero attached hydrogens (tertiary/aromatic N) is 2. The summed E-state index contributed by atoms with van der Waals surface area (Å²) in [7, 11) is -3.55. The number of hydrogen-bond acceptors (Lipinski definition) is 11. The monoisotopic (exact) mass is 816 g/mol. The smallest absolute Gasteiger partial charge is 0.410 e. The summed E-state index contributed by atoms with van der Waals surface area (Å²) in [6, 6.07) is 4.03. The lowest BCUT2D eigenvalue weighted by atomic mass is 10.0. The highest BCUT2D eigenvalue weighted by Crippen LogP contribution is 2.40. The van der Waals surface area contributed by atoms with Crippen LogP contribution >= 0.6 is 0 Å². The predicted molar refractivity (Wildman–Crippen MR) is 211 cm³/mol. The number of alkyl carbamates (subject to hydrolysis) is 1. The first kappa shape index (κ1) is 43.7. The van der Waals surface area contributed by atoms with Crippen molar-refractivity contribution < 1.29 is 46.6 Å². The van der Waals surface area contributed by atoms with Gasteiger partial charge in [0.2, 0.25) is 27.7 Å². The van der Waals surface area contributed by atoms with Gasteiger partial charge in [0, 0.05) is 38.0 Å². The number of fused-ring (bicyclic) bond motifs is 1. The van der Waals surface area contributed by atoms with Crippen molar-refractivity contribution in [1.29, 1.82) is 0 Å². The van der Waals surface area contributed by atoms with Gasteiger partial charge in [-0.2, -0.15) is 0 Å². The molecule has 2 saturated carbocycles. The molecule has 57 heavy (non-hydrogen) atoms. The van der Waals surface area contributed by atoms with Crippen LogP contribution in [0.5, 0.6) is 5.75 Å². The lowest BCUT2D eigenvalue weighted by Crippen LogP contribution is -2.53. The zero-order chi connectivity index (χ0) is 41.5. The summed E-state index contributed by atoms with van der Waals surface area (Å²) < 4.78 is 43.5. The number of likely N-dealkylation sites (tertiary alicyclic amines) is 1. The first-order valence-electron chi connectivity index (χ1n) is 20.1. The molecule has 0 spiro atoms. The summed E-state index contributed by atoms with van der Waals surface area (Å²) in [6.07, 6.45) is 6.69. The number of ether oxygens (including phenoxy) is 3. The van der Waals surface area contributed by atoms with Crippen molar-refractivity contribution in [3.8, 4) is 5.75 Å². The minimum Gasteiger partial charge on any atom is -0.492 e. The highest BCUT2D eigenvalue weighted by molar-refractivity contribution is 7.90. The SMILES string of the molecule is CC(C)NCCOc1ccc2c(c1)CN(C(=O)O[C@@H]1CC(C(N)=O)N(C(=O)[C@H](CCCCC/C=C\C3C[C@@H]3C(=O)NS(=O)(=O)C3CC3)NC(=O)OC(C)(C)C)C1)C2. The maximum Gasteiger partial charge on any atom is 0.410 e. The topological polar surface area (TPSA) is 216 Å². The fraction of sp³-hybridized carbons (Fsp3) is 0.675. The Morgan fingerprint density at radius 3 is 2.44 bits per heavy atom. The van der Waals surface area contributed by atoms with Gasteiger partial charge in [-0.3, -0.25) is 24.0 Å². The second-order valence-corrected chi connectivity index (χ2v) is 18.8. The van der Waals surface area contributed by atoms with Crippen LogP contribution in [0.3, 0.4) is 0 Å². The molecule has 4 aliphatic rings. The number of hydrogen-bond donors (Lipinski definition) is 4. The number of primary amides is 1. The van der Waals surface area contributed by atoms with Crippen LogP contribution in [0, 0.1) is 11.8 Å². The molecular formula is C40H60N6O10S. The Morgan fingerprint density at radius 2 is 1.75 bits per heavy atom. The average Bonchev–Trinajstić information content (AvgIpc) is 4.04. The Morgan fingerprint density at radius 1 is 1.02 bits per heavy atom. The fourth-order valence-corrected chi connectivity index (χ4v) is 8.45. The number of allylic oxidation sites excluding steroid dienone is 2. The molecular weight excluding hydrogens is 757 g/mol. The first-order valence-corrected chi connectivity index (χ1v) is 21.7. The molecule has 1 aromatic rings. The molecule has 2 aliphatic carbocycles. The van der Waals surface area contributed by atoms with E-state index in [4.69, 9.17) is 19.9 Å². The molecule has 16 nitrogen and oxygen atoms in total. The molecule has 2 unspecified atom stereocenters. The van der Waals surface area contributed by atoms with Crippen LogP contribution in [-0.2, 0) is 47.0 Å². The summed E-state index contributed by atoms with van der Waals surface area (Å²) in [4.78, 5) is 68.0. The van der Waals surface area contributed by atoms with Crippen molar-refractivity contribution >= 4 is 39.9 Å². The van der Waals surface area contributed by atoms with Crippen LogP contribution in [-0.4, -0.2) is 103 Å². The third kappa shape index (κ3) is 13.1. The van der Waals surface area contributed by atoms with Crippen molar-refractivity contribution in [2.24, 2.45) is 17.6 Å². The summed E-state index contributed by atoms with van der Waals surface area (Å²) in [5.74, 6) is -1.29. The van der Waals surface area contributed by atoms with Gasteiger partial charge in [-0.15, -0.1) is 0 Å². The summed E-state index contributed by atoms with van der Waals surface area (Å²) in [5.41, 5.74) is 6.86. The van der Waals surface area contributed by atoms with Gasteiger partial charge in [0.25, 0.3) is 0 Å². The highest BCUT2D eigenvalue weighted by Gasteiger charge is 2.45. The van der Waals surface area contributed by atoms with Gasteiger partial charge in [0.15, 0.2) is 0 Å². The van der Waals surface area contributed by atoms with E-state index in [2.05, 4.69) is 29.2 Å². The lowest BCUT2D eigenvalue weighted by Gasteiger charge is -2.28. The van der Waals surface area contributed by atoms with E-state index in [1.165, 1.54) is 4.90 Å². The van der Waals surface area contributed by atoms with Crippen LogP contribution in [0.25, 0.3) is 0 Å². The zero-order valence-corrected chi connectivity index (χ0v) is 34.6. The predicted octanol–water partition coefficient (Wildman–Crippen LogP) is 3.61. The van der Waals surface area contributed by atoms with E-state index >= 15 is 0 Å². The molecule has 0 radical (unpaired) electrons. The summed E-state index contributed by atoms with van der Waals surface area (Å²) in [5, 5.41) is 5.55. The lowest BCUT2D eigenvalue weighted by molar-refractivity contribution is -0.139. The fourth-order valence-electron chi connectivity index (χ4n) is 7.09. The molecule has 5 amide bonds. The first-order chi connectivity index (χ1) is 26.9. The number of rotatable bonds is 19. The molecule has 316 valence electrons. The average molecular weight is 817 g/mol. The third-order valence-corrected chi connectivity index (χ3v) is 12.2. The Kier molecular flexibility index (Phi) is 14.5. The van der Waals surface area contributed by atoms with E-state index in [0.717, 1.165) is 30.4 Å². The second kappa shape index (κ2) is 18.9. The Labute approximate surface area is 336 Å². The van der Waals surface area contributed by atoms with Gasteiger partial charge in [-0.1, -0.05) is 44.9 Å². The molecule has 5 atom stereocenters. The minimum atomic E-state index is -3.55. The molecule has 1 aromatic carbocycles. The number of unbranched alkanes of at least 4 members (excludes halogenated alkanes) is 3. The van der Waals surface area contributed by atoms with E-state index in [1.807, 2.05) is 30.4 Å². The number of nitrogens with two attached hydrogens (primary N) is 1. The molecule has 2 heterocycles. The van der Waals surface area contributed by atoms with Crippen LogP contribution < -0.4 is 25.8 Å². The molecule has 3 fully saturated rings. The molecule has 5 N–H and O–H groups in total. The van der Waals surface area contributed by atoms with Crippen molar-refractivity contribution in [3.05, 3.63) is 41.5 Å². The quantitative estimate of drug-likeness (QED) is 0.117. The molecule has 0 bridgehead atoms. The van der Waals surface area contributed by atoms with Gasteiger partial charge in [-0.05, 0) is 88.5 Å². The third-order valence-electron chi connectivity index (χ3n) is 10.3. The van der Waals surface area contributed by atoms with E-state index in [-0.39, 0.29) is 31.2 Å². The van der Waals surface area contributed by atoms with Gasteiger partial charge in [0.05, 0.1) is 11.8 Å². The molecule has 17 heteroatoms. The Hall–Kier alpha value is -4.38. The van der Waals surface area contributed by atoms with Crippen LogP contribution in [0.1, 0.15) is 104 Å². The number of carbonyl (C=O) groups is 5. The molecule has 1 saturated heterocycles. The van der Waals surface area contributed by atoms with E-state index in [0.29, 0.717) is 63.7 Å². The number of nitrogens with one attached hydrogen (secondary N) is 3. The number of sulfonamides is 1. The zero-order valence-electron chi connectivity index (χ0n) is 33.8. The van der Waals surface area contributed by atoms with Gasteiger partial charge < -0.3 is 35.5 Å². The van der Waals surface area contributed by atoms with Crippen molar-refractivity contribution in [2.45, 2.75) is 141 Å². The second-order valence-electron chi connectivity index (χ2n) is 16.9. The maximum atomic E-state index is 14.0. The summed E-state index contributed by atoms with van der Waals surface area (Å²) >= 11 is 0. The molecule has 5 rings (SSSR count). The maximum absolute atomic E-state index is 14.0. The van der Waals surface area contributed by atoms with Crippen LogP contribution in [0.15, 0.2) is 30.4 Å². The van der Waals surface area contributed by atoms with Crippen LogP contribution in [0.2, 0.25) is 0 Å². The molecule has 0 aromatic heterocycles. The van der Waals surface area contributed by atoms with Gasteiger partial charge in [0.1, 0.15) is 36.1 Å². The number of benzene rings is 1. The van der Waals surface area contributed by atoms with Crippen molar-refractivity contribution in [3.63, 3.8) is 0 Å². The minimum absolute atomic E-state index is 0.0170. The van der Waals surface area contributed by atoms with Gasteiger partial charge in [-0.25, -0.2) is 18.0 Å². The molecule has 2 aliphatic heterocycles. The van der Waals surface area contributed by atoms with Crippen molar-refractivity contribution in [1.82, 2.24) is 25.2 Å². The Balaban J connectivity index is 1.10. The largest absolute Gasteiger partial charge is 0.492 e. The Bertz CT molecular complexity index is 1780. The van der Waals surface area contributed by atoms with E-state index < -0.39 is 69.0 Å². The highest BCUT2D eigenvalue weighted by atomic mass is 32.2. The number of carbonyl (C=O) groups excluding carboxylic acids is 5.